The second-order valence-corrected chi connectivity index (χ2v) is 4.02. The molecule has 1 aromatic carbocycles. The fourth-order valence-corrected chi connectivity index (χ4v) is 1.64. The second-order valence-electron chi connectivity index (χ2n) is 4.02. The minimum atomic E-state index is -1.11. The Bertz CT molecular complexity index is 448. The molecule has 1 atom stereocenters. The highest BCUT2D eigenvalue weighted by Crippen LogP contribution is 2.08. The van der Waals surface area contributed by atoms with Gasteiger partial charge >= 0.3 is 5.97 Å². The Kier molecular flexibility index (Phi) is 5.98. The maximum absolute atomic E-state index is 11.7. The van der Waals surface area contributed by atoms with E-state index in [1.165, 1.54) is 7.11 Å². The van der Waals surface area contributed by atoms with Crippen LogP contribution in [0.25, 0.3) is 0 Å². The first-order valence-electron chi connectivity index (χ1n) is 5.87. The molecule has 1 amide bonds. The van der Waals surface area contributed by atoms with Crippen molar-refractivity contribution in [2.45, 2.75) is 19.1 Å². The third-order valence-corrected chi connectivity index (χ3v) is 2.73. The summed E-state index contributed by atoms with van der Waals surface area (Å²) in [6.07, 6.45) is -0.864. The molecule has 1 rings (SSSR count). The van der Waals surface area contributed by atoms with Crippen LogP contribution in [0, 0.1) is 0 Å². The molecule has 4 N–H and O–H groups in total. The average molecular weight is 266 g/mol. The molecule has 0 radical (unpaired) electrons. The van der Waals surface area contributed by atoms with Crippen LogP contribution in [0.5, 0.6) is 0 Å². The van der Waals surface area contributed by atoms with E-state index in [0.29, 0.717) is 6.54 Å². The molecule has 0 bridgehead atoms. The molecule has 1 aromatic rings. The number of benzene rings is 1. The van der Waals surface area contributed by atoms with Gasteiger partial charge in [-0.25, -0.2) is 4.79 Å². The number of nitrogens with one attached hydrogen (secondary N) is 1. The van der Waals surface area contributed by atoms with Crippen molar-refractivity contribution in [2.75, 3.05) is 13.7 Å². The number of carboxylic acids is 1. The molecule has 0 aliphatic heterocycles. The minimum absolute atomic E-state index is 0.0601. The van der Waals surface area contributed by atoms with Crippen LogP contribution in [0.3, 0.4) is 0 Å². The third kappa shape index (κ3) is 4.69. The van der Waals surface area contributed by atoms with Gasteiger partial charge < -0.3 is 20.9 Å². The van der Waals surface area contributed by atoms with E-state index in [1.54, 1.807) is 0 Å². The van der Waals surface area contributed by atoms with Crippen molar-refractivity contribution in [3.63, 3.8) is 0 Å². The van der Waals surface area contributed by atoms with Crippen molar-refractivity contribution in [3.8, 4) is 0 Å². The van der Waals surface area contributed by atoms with Crippen LogP contribution in [0.15, 0.2) is 24.3 Å². The summed E-state index contributed by atoms with van der Waals surface area (Å²) in [4.78, 5) is 22.4. The van der Waals surface area contributed by atoms with Gasteiger partial charge in [0, 0.05) is 13.7 Å². The summed E-state index contributed by atoms with van der Waals surface area (Å²) in [7, 11) is 1.29. The summed E-state index contributed by atoms with van der Waals surface area (Å²) < 4.78 is 4.72. The molecule has 0 fully saturated rings. The van der Waals surface area contributed by atoms with Gasteiger partial charge in [0.15, 0.2) is 6.10 Å². The van der Waals surface area contributed by atoms with Gasteiger partial charge in [0.2, 0.25) is 5.91 Å². The van der Waals surface area contributed by atoms with E-state index in [9.17, 15) is 9.59 Å². The van der Waals surface area contributed by atoms with E-state index >= 15 is 0 Å². The minimum Gasteiger partial charge on any atom is -0.479 e. The Balaban J connectivity index is 2.53. The SMILES string of the molecule is COC(CNC(=O)Cc1ccccc1CN)C(=O)O. The van der Waals surface area contributed by atoms with E-state index in [-0.39, 0.29) is 18.9 Å². The molecular weight excluding hydrogens is 248 g/mol. The molecule has 0 aliphatic carbocycles. The number of carbonyl (C=O) groups excluding carboxylic acids is 1. The van der Waals surface area contributed by atoms with Crippen LogP contribution in [-0.4, -0.2) is 36.7 Å². The first-order valence-corrected chi connectivity index (χ1v) is 5.87. The van der Waals surface area contributed by atoms with Gasteiger partial charge in [0.05, 0.1) is 13.0 Å². The molecule has 0 heterocycles. The van der Waals surface area contributed by atoms with E-state index in [4.69, 9.17) is 15.6 Å². The lowest BCUT2D eigenvalue weighted by atomic mass is 10.0. The average Bonchev–Trinajstić information content (AvgIpc) is 2.39. The fourth-order valence-electron chi connectivity index (χ4n) is 1.64. The first-order chi connectivity index (χ1) is 9.08. The van der Waals surface area contributed by atoms with Gasteiger partial charge in [0.1, 0.15) is 0 Å². The zero-order chi connectivity index (χ0) is 14.3. The van der Waals surface area contributed by atoms with Crippen LogP contribution >= 0.6 is 0 Å². The predicted molar refractivity (Wildman–Crippen MR) is 69.5 cm³/mol. The molecule has 19 heavy (non-hydrogen) atoms. The fraction of sp³-hybridized carbons (Fsp3) is 0.385. The maximum Gasteiger partial charge on any atom is 0.334 e. The Morgan fingerprint density at radius 1 is 1.37 bits per heavy atom. The quantitative estimate of drug-likeness (QED) is 0.640. The molecule has 0 aliphatic rings. The highest BCUT2D eigenvalue weighted by Gasteiger charge is 2.17. The molecular formula is C13H18N2O4. The van der Waals surface area contributed by atoms with Crippen molar-refractivity contribution >= 4 is 11.9 Å². The van der Waals surface area contributed by atoms with E-state index < -0.39 is 12.1 Å². The van der Waals surface area contributed by atoms with E-state index in [1.807, 2.05) is 24.3 Å². The number of methoxy groups -OCH3 is 1. The van der Waals surface area contributed by atoms with Crippen molar-refractivity contribution in [2.24, 2.45) is 5.73 Å². The van der Waals surface area contributed by atoms with Gasteiger partial charge in [-0.2, -0.15) is 0 Å². The lowest BCUT2D eigenvalue weighted by Crippen LogP contribution is -2.38. The van der Waals surface area contributed by atoms with Crippen molar-refractivity contribution in [1.82, 2.24) is 5.32 Å². The van der Waals surface area contributed by atoms with Gasteiger partial charge in [-0.1, -0.05) is 24.3 Å². The zero-order valence-corrected chi connectivity index (χ0v) is 10.8. The summed E-state index contributed by atoms with van der Waals surface area (Å²) >= 11 is 0. The molecule has 0 aromatic heterocycles. The smallest absolute Gasteiger partial charge is 0.334 e. The number of rotatable bonds is 7. The number of nitrogens with two attached hydrogens (primary N) is 1. The Labute approximate surface area is 111 Å². The Morgan fingerprint density at radius 3 is 2.53 bits per heavy atom. The van der Waals surface area contributed by atoms with Crippen LogP contribution in [0.2, 0.25) is 0 Å². The van der Waals surface area contributed by atoms with Crippen molar-refractivity contribution in [3.05, 3.63) is 35.4 Å². The Hall–Kier alpha value is -1.92. The highest BCUT2D eigenvalue weighted by molar-refractivity contribution is 5.80. The normalized spacial score (nSPS) is 11.9. The molecule has 6 nitrogen and oxygen atoms in total. The van der Waals surface area contributed by atoms with E-state index in [2.05, 4.69) is 5.32 Å². The molecule has 104 valence electrons. The van der Waals surface area contributed by atoms with Gasteiger partial charge in [-0.05, 0) is 11.1 Å². The van der Waals surface area contributed by atoms with Crippen LogP contribution in [-0.2, 0) is 27.3 Å². The lowest BCUT2D eigenvalue weighted by Gasteiger charge is -2.12. The largest absolute Gasteiger partial charge is 0.479 e. The number of carboxylic acid groups (broad SMARTS) is 1. The molecule has 1 unspecified atom stereocenters. The number of hydrogen-bond acceptors (Lipinski definition) is 4. The summed E-state index contributed by atoms with van der Waals surface area (Å²) in [5, 5.41) is 11.3. The summed E-state index contributed by atoms with van der Waals surface area (Å²) in [5.74, 6) is -1.37. The lowest BCUT2D eigenvalue weighted by molar-refractivity contribution is -0.148. The summed E-state index contributed by atoms with van der Waals surface area (Å²) in [6, 6.07) is 7.37. The monoisotopic (exact) mass is 266 g/mol. The number of aliphatic carboxylic acids is 1. The van der Waals surface area contributed by atoms with Crippen LogP contribution < -0.4 is 11.1 Å². The highest BCUT2D eigenvalue weighted by atomic mass is 16.5. The van der Waals surface area contributed by atoms with Crippen LogP contribution in [0.4, 0.5) is 0 Å². The number of amides is 1. The molecule has 0 saturated heterocycles. The zero-order valence-electron chi connectivity index (χ0n) is 10.8. The number of carbonyl (C=O) groups is 2. The summed E-state index contributed by atoms with van der Waals surface area (Å²) in [5.41, 5.74) is 7.32. The Morgan fingerprint density at radius 2 is 2.00 bits per heavy atom. The standard InChI is InChI=1S/C13H18N2O4/c1-19-11(13(17)18)8-15-12(16)6-9-4-2-3-5-10(9)7-14/h2-5,11H,6-8,14H2,1H3,(H,15,16)(H,17,18). The summed E-state index contributed by atoms with van der Waals surface area (Å²) in [6.45, 7) is 0.300. The third-order valence-electron chi connectivity index (χ3n) is 2.73. The van der Waals surface area contributed by atoms with Gasteiger partial charge in [-0.3, -0.25) is 4.79 Å². The topological polar surface area (TPSA) is 102 Å². The number of hydrogen-bond donors (Lipinski definition) is 3. The van der Waals surface area contributed by atoms with Gasteiger partial charge in [0.25, 0.3) is 0 Å². The van der Waals surface area contributed by atoms with Crippen LogP contribution in [0.1, 0.15) is 11.1 Å². The maximum atomic E-state index is 11.7. The first kappa shape index (κ1) is 15.1. The number of ether oxygens (including phenoxy) is 1. The van der Waals surface area contributed by atoms with Gasteiger partial charge in [-0.15, -0.1) is 0 Å². The molecule has 0 spiro atoms. The molecule has 0 saturated carbocycles. The van der Waals surface area contributed by atoms with Crippen molar-refractivity contribution < 1.29 is 19.4 Å². The van der Waals surface area contributed by atoms with Crippen molar-refractivity contribution in [1.29, 1.82) is 0 Å². The van der Waals surface area contributed by atoms with E-state index in [0.717, 1.165) is 11.1 Å². The predicted octanol–water partition coefficient (Wildman–Crippen LogP) is -0.0964. The second kappa shape index (κ2) is 7.50. The molecule has 6 heteroatoms.